The number of pyridine rings is 1. The summed E-state index contributed by atoms with van der Waals surface area (Å²) in [7, 11) is 0. The van der Waals surface area contributed by atoms with E-state index < -0.39 is 12.4 Å². The summed E-state index contributed by atoms with van der Waals surface area (Å²) in [5, 5.41) is 3.36. The Hall–Kier alpha value is -3.89. The van der Waals surface area contributed by atoms with Gasteiger partial charge in [-0.15, -0.1) is 13.2 Å². The number of hydrogen-bond acceptors (Lipinski definition) is 4. The van der Waals surface area contributed by atoms with E-state index in [2.05, 4.69) is 19.9 Å². The Morgan fingerprint density at radius 1 is 1.15 bits per heavy atom. The van der Waals surface area contributed by atoms with Gasteiger partial charge in [0.05, 0.1) is 5.52 Å². The number of alkyl halides is 3. The first-order chi connectivity index (χ1) is 18.7. The molecule has 0 fully saturated rings. The molecule has 0 radical (unpaired) electrons. The van der Waals surface area contributed by atoms with Gasteiger partial charge in [0.25, 0.3) is 0 Å². The molecule has 2 aromatic heterocycles. The van der Waals surface area contributed by atoms with E-state index in [1.165, 1.54) is 35.0 Å². The summed E-state index contributed by atoms with van der Waals surface area (Å²) in [5.74, 6) is -0.676. The number of fused-ring (bicyclic) bond motifs is 3. The first kappa shape index (κ1) is 26.7. The second-order valence-corrected chi connectivity index (χ2v) is 9.43. The molecule has 0 spiro atoms. The molecule has 1 N–H and O–H groups in total. The third-order valence-corrected chi connectivity index (χ3v) is 6.63. The van der Waals surface area contributed by atoms with Crippen LogP contribution in [-0.2, 0) is 19.5 Å². The quantitative estimate of drug-likeness (QED) is 0.215. The molecule has 0 atom stereocenters. The molecule has 202 valence electrons. The normalized spacial score (nSPS) is 14.1. The standard InChI is InChI=1S/C28H23ClF4N4O2/c29-25-15-19(10-12-34-25)16-35-27(38)37-22-11-14-36(13-2-3-18-6-8-20(30)9-7-18)17-21(22)26-23(37)4-1-5-24(26)39-28(31,32)33/h1-10,12,15H,11,13-14,16-17H2,(H,35,38). The van der Waals surface area contributed by atoms with Crippen molar-refractivity contribution >= 4 is 34.6 Å². The lowest BCUT2D eigenvalue weighted by Crippen LogP contribution is -2.34. The highest BCUT2D eigenvalue weighted by Crippen LogP contribution is 2.38. The number of carbonyl (C=O) groups excluding carboxylic acids is 1. The lowest BCUT2D eigenvalue weighted by Gasteiger charge is -2.27. The zero-order chi connectivity index (χ0) is 27.6. The predicted octanol–water partition coefficient (Wildman–Crippen LogP) is 6.56. The summed E-state index contributed by atoms with van der Waals surface area (Å²) in [5.41, 5.74) is 3.13. The maximum Gasteiger partial charge on any atom is 0.573 e. The van der Waals surface area contributed by atoms with Gasteiger partial charge in [-0.3, -0.25) is 9.47 Å². The average molecular weight is 559 g/mol. The van der Waals surface area contributed by atoms with Crippen molar-refractivity contribution in [2.45, 2.75) is 25.9 Å². The van der Waals surface area contributed by atoms with E-state index in [4.69, 9.17) is 11.6 Å². The molecule has 0 saturated carbocycles. The molecular weight excluding hydrogens is 536 g/mol. The van der Waals surface area contributed by atoms with E-state index in [0.717, 1.165) is 11.1 Å². The zero-order valence-electron chi connectivity index (χ0n) is 20.5. The van der Waals surface area contributed by atoms with Crippen LogP contribution in [0.15, 0.2) is 66.9 Å². The Morgan fingerprint density at radius 2 is 1.95 bits per heavy atom. The van der Waals surface area contributed by atoms with Crippen LogP contribution in [0.25, 0.3) is 17.0 Å². The van der Waals surface area contributed by atoms with Gasteiger partial charge in [0.15, 0.2) is 0 Å². The van der Waals surface area contributed by atoms with Crippen LogP contribution in [0.5, 0.6) is 5.75 Å². The van der Waals surface area contributed by atoms with Crippen molar-refractivity contribution in [2.75, 3.05) is 13.1 Å². The third-order valence-electron chi connectivity index (χ3n) is 6.42. The van der Waals surface area contributed by atoms with E-state index in [9.17, 15) is 22.4 Å². The van der Waals surface area contributed by atoms with Crippen molar-refractivity contribution in [2.24, 2.45) is 0 Å². The van der Waals surface area contributed by atoms with Gasteiger partial charge < -0.3 is 10.1 Å². The van der Waals surface area contributed by atoms with Crippen LogP contribution in [0.1, 0.15) is 22.4 Å². The number of nitrogens with one attached hydrogen (secondary N) is 1. The molecule has 0 aliphatic carbocycles. The molecular formula is C28H23ClF4N4O2. The summed E-state index contributed by atoms with van der Waals surface area (Å²) in [6, 6.07) is 13.2. The van der Waals surface area contributed by atoms with Gasteiger partial charge in [-0.05, 0) is 53.1 Å². The number of benzene rings is 2. The summed E-state index contributed by atoms with van der Waals surface area (Å²) < 4.78 is 58.8. The van der Waals surface area contributed by atoms with Crippen molar-refractivity contribution < 1.29 is 27.1 Å². The van der Waals surface area contributed by atoms with E-state index in [0.29, 0.717) is 42.8 Å². The molecule has 1 aliphatic heterocycles. The Kier molecular flexibility index (Phi) is 7.58. The van der Waals surface area contributed by atoms with Gasteiger partial charge in [-0.1, -0.05) is 42.0 Å². The van der Waals surface area contributed by atoms with E-state index >= 15 is 0 Å². The molecule has 39 heavy (non-hydrogen) atoms. The van der Waals surface area contributed by atoms with Gasteiger partial charge in [0, 0.05) is 49.9 Å². The number of rotatable bonds is 6. The van der Waals surface area contributed by atoms with Crippen molar-refractivity contribution in [3.63, 3.8) is 0 Å². The number of halogens is 5. The van der Waals surface area contributed by atoms with Crippen LogP contribution < -0.4 is 10.1 Å². The van der Waals surface area contributed by atoms with Gasteiger partial charge in [-0.2, -0.15) is 0 Å². The molecule has 2 aromatic carbocycles. The van der Waals surface area contributed by atoms with Crippen LogP contribution in [0.2, 0.25) is 5.15 Å². The maximum absolute atomic E-state index is 13.4. The highest BCUT2D eigenvalue weighted by Gasteiger charge is 2.34. The lowest BCUT2D eigenvalue weighted by molar-refractivity contribution is -0.274. The van der Waals surface area contributed by atoms with Crippen LogP contribution in [0.4, 0.5) is 22.4 Å². The monoisotopic (exact) mass is 558 g/mol. The molecule has 1 amide bonds. The Labute approximate surface area is 226 Å². The number of amides is 1. The molecule has 6 nitrogen and oxygen atoms in total. The summed E-state index contributed by atoms with van der Waals surface area (Å²) in [4.78, 5) is 19.4. The van der Waals surface area contributed by atoms with Crippen LogP contribution in [0.3, 0.4) is 0 Å². The lowest BCUT2D eigenvalue weighted by atomic mass is 10.0. The molecule has 1 aliphatic rings. The number of hydrogen-bond donors (Lipinski definition) is 1. The summed E-state index contributed by atoms with van der Waals surface area (Å²) in [6.07, 6.45) is 0.843. The second kappa shape index (κ2) is 11.1. The van der Waals surface area contributed by atoms with Crippen LogP contribution >= 0.6 is 11.6 Å². The third kappa shape index (κ3) is 6.23. The van der Waals surface area contributed by atoms with Crippen LogP contribution in [-0.4, -0.2) is 39.9 Å². The number of carbonyl (C=O) groups is 1. The van der Waals surface area contributed by atoms with Crippen molar-refractivity contribution in [1.82, 2.24) is 19.8 Å². The molecule has 4 aromatic rings. The van der Waals surface area contributed by atoms with Crippen molar-refractivity contribution in [3.05, 3.63) is 100 Å². The summed E-state index contributed by atoms with van der Waals surface area (Å²) >= 11 is 5.93. The smallest absolute Gasteiger partial charge is 0.405 e. The fraction of sp³-hybridized carbons (Fsp3) is 0.214. The maximum atomic E-state index is 13.4. The fourth-order valence-electron chi connectivity index (χ4n) is 4.75. The largest absolute Gasteiger partial charge is 0.573 e. The first-order valence-electron chi connectivity index (χ1n) is 12.1. The highest BCUT2D eigenvalue weighted by atomic mass is 35.5. The molecule has 0 unspecified atom stereocenters. The van der Waals surface area contributed by atoms with Gasteiger partial charge in [0.2, 0.25) is 0 Å². The van der Waals surface area contributed by atoms with Crippen molar-refractivity contribution in [1.29, 1.82) is 0 Å². The average Bonchev–Trinajstić information content (AvgIpc) is 3.22. The Balaban J connectivity index is 1.45. The van der Waals surface area contributed by atoms with Gasteiger partial charge in [-0.25, -0.2) is 14.2 Å². The minimum Gasteiger partial charge on any atom is -0.405 e. The predicted molar refractivity (Wildman–Crippen MR) is 140 cm³/mol. The highest BCUT2D eigenvalue weighted by molar-refractivity contribution is 6.29. The van der Waals surface area contributed by atoms with Crippen molar-refractivity contribution in [3.8, 4) is 5.75 Å². The van der Waals surface area contributed by atoms with Gasteiger partial charge in [0.1, 0.15) is 16.7 Å². The Morgan fingerprint density at radius 3 is 2.69 bits per heavy atom. The second-order valence-electron chi connectivity index (χ2n) is 9.04. The van der Waals surface area contributed by atoms with E-state index in [-0.39, 0.29) is 28.7 Å². The SMILES string of the molecule is O=C(NCc1ccnc(Cl)c1)n1c2c(c3c(OC(F)(F)F)cccc31)CN(CC=Cc1ccc(F)cc1)CC2. The van der Waals surface area contributed by atoms with E-state index in [1.54, 1.807) is 30.3 Å². The molecule has 5 rings (SSSR count). The topological polar surface area (TPSA) is 59.4 Å². The summed E-state index contributed by atoms with van der Waals surface area (Å²) in [6.45, 7) is 1.58. The fourth-order valence-corrected chi connectivity index (χ4v) is 4.95. The zero-order valence-corrected chi connectivity index (χ0v) is 21.3. The van der Waals surface area contributed by atoms with E-state index in [1.807, 2.05) is 12.2 Å². The first-order valence-corrected chi connectivity index (χ1v) is 12.5. The number of aromatic nitrogens is 2. The van der Waals surface area contributed by atoms with Gasteiger partial charge >= 0.3 is 12.4 Å². The molecule has 0 bridgehead atoms. The molecule has 3 heterocycles. The van der Waals surface area contributed by atoms with Crippen LogP contribution in [0, 0.1) is 5.82 Å². The molecule has 11 heteroatoms. The minimum absolute atomic E-state index is 0.161. The minimum atomic E-state index is -4.89. The Bertz CT molecular complexity index is 1530. The number of nitrogens with zero attached hydrogens (tertiary/aromatic N) is 3. The molecule has 0 saturated heterocycles. The number of ether oxygens (including phenoxy) is 1.